The van der Waals surface area contributed by atoms with Gasteiger partial charge in [-0.15, -0.1) is 0 Å². The van der Waals surface area contributed by atoms with Gasteiger partial charge in [-0.3, -0.25) is 23.9 Å². The van der Waals surface area contributed by atoms with Gasteiger partial charge in [0.2, 0.25) is 12.6 Å². The van der Waals surface area contributed by atoms with E-state index in [-0.39, 0.29) is 18.8 Å². The van der Waals surface area contributed by atoms with Crippen molar-refractivity contribution >= 4 is 23.9 Å². The highest BCUT2D eigenvalue weighted by atomic mass is 16.8. The highest BCUT2D eigenvalue weighted by Gasteiger charge is 2.75. The van der Waals surface area contributed by atoms with E-state index in [0.29, 0.717) is 18.4 Å². The van der Waals surface area contributed by atoms with Crippen molar-refractivity contribution in [2.24, 2.45) is 22.7 Å². The minimum absolute atomic E-state index is 0.153. The normalized spacial score (nSPS) is 36.9. The third-order valence-electron chi connectivity index (χ3n) is 8.66. The molecule has 1 saturated heterocycles. The van der Waals surface area contributed by atoms with Crippen LogP contribution in [0.5, 0.6) is 0 Å². The molecule has 1 N–H and O–H groups in total. The Bertz CT molecular complexity index is 1090. The van der Waals surface area contributed by atoms with Crippen LogP contribution in [0.2, 0.25) is 0 Å². The molecule has 0 radical (unpaired) electrons. The number of carbonyl (C=O) groups is 4. The zero-order chi connectivity index (χ0) is 30.0. The maximum atomic E-state index is 13.0. The monoisotopic (exact) mass is 562 g/mol. The average Bonchev–Trinajstić information content (AvgIpc) is 3.14. The molecule has 40 heavy (non-hydrogen) atoms. The van der Waals surface area contributed by atoms with Gasteiger partial charge in [-0.2, -0.15) is 0 Å². The smallest absolute Gasteiger partial charge is 0.306 e. The van der Waals surface area contributed by atoms with E-state index < -0.39 is 71.5 Å². The molecule has 0 aromatic carbocycles. The molecule has 3 aliphatic rings. The number of esters is 4. The predicted molar refractivity (Wildman–Crippen MR) is 143 cm³/mol. The van der Waals surface area contributed by atoms with Gasteiger partial charge in [0.1, 0.15) is 11.5 Å². The van der Waals surface area contributed by atoms with Crippen LogP contribution in [0.25, 0.3) is 0 Å². The van der Waals surface area contributed by atoms with E-state index in [2.05, 4.69) is 6.58 Å². The van der Waals surface area contributed by atoms with Crippen LogP contribution in [0.1, 0.15) is 74.1 Å². The molecule has 222 valence electrons. The van der Waals surface area contributed by atoms with Gasteiger partial charge in [-0.1, -0.05) is 45.1 Å². The number of ether oxygens (including phenoxy) is 5. The number of aliphatic hydroxyl groups excluding tert-OH is 1. The summed E-state index contributed by atoms with van der Waals surface area (Å²) in [6.07, 6.45) is 0.822. The number of allylic oxidation sites excluding steroid dienone is 3. The molecule has 0 bridgehead atoms. The SMILES string of the molecule is C=CC(C)=CCC1(C)C(C)C(OC(=O)CCC)C(OC(C)=O)C23C(=CC(O)CC12)C(OC(C)=O)OC3OC(C)=O. The first-order valence-electron chi connectivity index (χ1n) is 13.8. The Morgan fingerprint density at radius 2 is 1.70 bits per heavy atom. The number of hydrogen-bond acceptors (Lipinski definition) is 10. The van der Waals surface area contributed by atoms with E-state index in [1.165, 1.54) is 26.8 Å². The molecule has 0 amide bonds. The lowest BCUT2D eigenvalue weighted by atomic mass is 9.44. The van der Waals surface area contributed by atoms with Gasteiger partial charge in [0.25, 0.3) is 0 Å². The summed E-state index contributed by atoms with van der Waals surface area (Å²) < 4.78 is 29.4. The third kappa shape index (κ3) is 5.74. The number of rotatable bonds is 9. The highest BCUT2D eigenvalue weighted by molar-refractivity contribution is 5.70. The first-order valence-corrected chi connectivity index (χ1v) is 13.8. The largest absolute Gasteiger partial charge is 0.458 e. The van der Waals surface area contributed by atoms with Crippen LogP contribution < -0.4 is 0 Å². The Morgan fingerprint density at radius 3 is 2.25 bits per heavy atom. The fourth-order valence-corrected chi connectivity index (χ4v) is 6.71. The molecule has 10 nitrogen and oxygen atoms in total. The first-order chi connectivity index (χ1) is 18.7. The van der Waals surface area contributed by atoms with Gasteiger partial charge in [0, 0.05) is 38.7 Å². The third-order valence-corrected chi connectivity index (χ3v) is 8.66. The van der Waals surface area contributed by atoms with Gasteiger partial charge in [0.15, 0.2) is 6.10 Å². The average molecular weight is 563 g/mol. The van der Waals surface area contributed by atoms with Crippen molar-refractivity contribution in [2.45, 2.75) is 105 Å². The molecule has 10 heteroatoms. The van der Waals surface area contributed by atoms with E-state index in [4.69, 9.17) is 23.7 Å². The minimum Gasteiger partial charge on any atom is -0.458 e. The molecular weight excluding hydrogens is 520 g/mol. The number of hydrogen-bond donors (Lipinski definition) is 1. The number of aliphatic hydroxyl groups is 1. The van der Waals surface area contributed by atoms with Crippen LogP contribution in [0.15, 0.2) is 36.0 Å². The van der Waals surface area contributed by atoms with Crippen molar-refractivity contribution in [3.63, 3.8) is 0 Å². The van der Waals surface area contributed by atoms with Crippen LogP contribution in [0, 0.1) is 22.7 Å². The van der Waals surface area contributed by atoms with Crippen LogP contribution in [-0.4, -0.2) is 59.9 Å². The van der Waals surface area contributed by atoms with Crippen LogP contribution in [-0.2, 0) is 42.9 Å². The van der Waals surface area contributed by atoms with Crippen LogP contribution in [0.4, 0.5) is 0 Å². The molecule has 9 atom stereocenters. The van der Waals surface area contributed by atoms with Crippen molar-refractivity contribution in [2.75, 3.05) is 0 Å². The van der Waals surface area contributed by atoms with Crippen molar-refractivity contribution in [3.8, 4) is 0 Å². The van der Waals surface area contributed by atoms with E-state index in [1.54, 1.807) is 6.08 Å². The Hall–Kier alpha value is -2.98. The molecule has 2 aliphatic carbocycles. The van der Waals surface area contributed by atoms with Crippen molar-refractivity contribution in [1.29, 1.82) is 0 Å². The van der Waals surface area contributed by atoms with Crippen molar-refractivity contribution < 1.29 is 48.0 Å². The lowest BCUT2D eigenvalue weighted by Crippen LogP contribution is -2.69. The summed E-state index contributed by atoms with van der Waals surface area (Å²) in [6, 6.07) is 0. The van der Waals surface area contributed by atoms with Crippen molar-refractivity contribution in [3.05, 3.63) is 36.0 Å². The zero-order valence-corrected chi connectivity index (χ0v) is 24.4. The predicted octanol–water partition coefficient (Wildman–Crippen LogP) is 3.91. The molecule has 1 aliphatic heterocycles. The Labute approximate surface area is 235 Å². The molecular formula is C30H42O10. The summed E-state index contributed by atoms with van der Waals surface area (Å²) in [5.74, 6) is -3.36. The van der Waals surface area contributed by atoms with E-state index >= 15 is 0 Å². The molecule has 1 heterocycles. The molecule has 2 fully saturated rings. The fraction of sp³-hybridized carbons (Fsp3) is 0.667. The van der Waals surface area contributed by atoms with Gasteiger partial charge in [-0.05, 0) is 43.6 Å². The Balaban J connectivity index is 2.38. The summed E-state index contributed by atoms with van der Waals surface area (Å²) >= 11 is 0. The van der Waals surface area contributed by atoms with Gasteiger partial charge in [-0.25, -0.2) is 0 Å². The molecule has 1 saturated carbocycles. The van der Waals surface area contributed by atoms with Gasteiger partial charge >= 0.3 is 23.9 Å². The van der Waals surface area contributed by atoms with E-state index in [0.717, 1.165) is 5.57 Å². The second kappa shape index (κ2) is 12.3. The van der Waals surface area contributed by atoms with Gasteiger partial charge in [0.05, 0.1) is 6.10 Å². The van der Waals surface area contributed by atoms with E-state index in [1.807, 2.05) is 33.8 Å². The second-order valence-corrected chi connectivity index (χ2v) is 11.3. The van der Waals surface area contributed by atoms with E-state index in [9.17, 15) is 24.3 Å². The highest BCUT2D eigenvalue weighted by Crippen LogP contribution is 2.68. The maximum Gasteiger partial charge on any atom is 0.306 e. The Morgan fingerprint density at radius 1 is 1.07 bits per heavy atom. The lowest BCUT2D eigenvalue weighted by molar-refractivity contribution is -0.279. The maximum absolute atomic E-state index is 13.0. The first kappa shape index (κ1) is 31.5. The lowest BCUT2D eigenvalue weighted by Gasteiger charge is -2.62. The molecule has 9 unspecified atom stereocenters. The molecule has 1 spiro atoms. The number of carbonyl (C=O) groups excluding carboxylic acids is 4. The van der Waals surface area contributed by atoms with Crippen LogP contribution >= 0.6 is 0 Å². The summed E-state index contributed by atoms with van der Waals surface area (Å²) in [5.41, 5.74) is -0.924. The topological polar surface area (TPSA) is 135 Å². The summed E-state index contributed by atoms with van der Waals surface area (Å²) in [7, 11) is 0. The summed E-state index contributed by atoms with van der Waals surface area (Å²) in [5, 5.41) is 11.1. The van der Waals surface area contributed by atoms with Crippen LogP contribution in [0.3, 0.4) is 0 Å². The standard InChI is InChI=1S/C30H42O10/c1-9-11-24(35)39-25-17(4)29(8,13-12-16(3)10-2)23-15-21(34)14-22-27(37-19(6)32)40-28(38-20(7)33)30(22,23)26(25)36-18(5)31/h10,12,14,17,21,23,25-28,34H,2,9,11,13,15H2,1,3-8H3. The summed E-state index contributed by atoms with van der Waals surface area (Å²) in [6.45, 7) is 15.2. The van der Waals surface area contributed by atoms with Crippen molar-refractivity contribution in [1.82, 2.24) is 0 Å². The molecule has 0 aromatic heterocycles. The molecule has 3 rings (SSSR count). The minimum atomic E-state index is -1.44. The molecule has 0 aromatic rings. The quantitative estimate of drug-likeness (QED) is 0.191. The second-order valence-electron chi connectivity index (χ2n) is 11.3. The fourth-order valence-electron chi connectivity index (χ4n) is 6.71. The Kier molecular flexibility index (Phi) is 9.67. The van der Waals surface area contributed by atoms with Gasteiger partial charge < -0.3 is 24.1 Å². The zero-order valence-electron chi connectivity index (χ0n) is 24.4. The summed E-state index contributed by atoms with van der Waals surface area (Å²) in [4.78, 5) is 50.1.